The summed E-state index contributed by atoms with van der Waals surface area (Å²) in [6, 6.07) is 15.3. The average Bonchev–Trinajstić information content (AvgIpc) is 3.30. The zero-order chi connectivity index (χ0) is 13.9. The van der Waals surface area contributed by atoms with Gasteiger partial charge >= 0.3 is 0 Å². The van der Waals surface area contributed by atoms with Crippen LogP contribution in [-0.4, -0.2) is 11.7 Å². The van der Waals surface area contributed by atoms with E-state index < -0.39 is 6.10 Å². The van der Waals surface area contributed by atoms with Gasteiger partial charge in [0.1, 0.15) is 6.10 Å². The van der Waals surface area contributed by atoms with Crippen LogP contribution in [0.5, 0.6) is 0 Å². The van der Waals surface area contributed by atoms with Crippen molar-refractivity contribution in [3.05, 3.63) is 64.7 Å². The van der Waals surface area contributed by atoms with Gasteiger partial charge in [0.25, 0.3) is 0 Å². The molecular weight excluding hydrogens is 270 g/mol. The molecule has 2 aromatic carbocycles. The molecule has 0 aromatic heterocycles. The minimum atomic E-state index is -0.656. The highest BCUT2D eigenvalue weighted by Gasteiger charge is 2.22. The van der Waals surface area contributed by atoms with Crippen LogP contribution in [0.2, 0.25) is 5.02 Å². The Labute approximate surface area is 124 Å². The number of hydrogen-bond donors (Lipinski definition) is 2. The molecule has 3 rings (SSSR count). The molecule has 20 heavy (non-hydrogen) atoms. The predicted octanol–water partition coefficient (Wildman–Crippen LogP) is 4.24. The van der Waals surface area contributed by atoms with Gasteiger partial charge in [-0.2, -0.15) is 0 Å². The fourth-order valence-electron chi connectivity index (χ4n) is 2.31. The summed E-state index contributed by atoms with van der Waals surface area (Å²) in [5.74, 6) is 0.785. The first-order valence-corrected chi connectivity index (χ1v) is 7.38. The lowest BCUT2D eigenvalue weighted by Gasteiger charge is -2.17. The minimum Gasteiger partial charge on any atom is -0.384 e. The monoisotopic (exact) mass is 287 g/mol. The number of aliphatic hydroxyl groups excluding tert-OH is 1. The number of nitrogens with one attached hydrogen (secondary N) is 1. The highest BCUT2D eigenvalue weighted by molar-refractivity contribution is 6.30. The fraction of sp³-hybridized carbons (Fsp3) is 0.294. The predicted molar refractivity (Wildman–Crippen MR) is 83.2 cm³/mol. The van der Waals surface area contributed by atoms with Crippen molar-refractivity contribution in [2.75, 3.05) is 11.9 Å². The van der Waals surface area contributed by atoms with Crippen LogP contribution in [0.25, 0.3) is 0 Å². The van der Waals surface area contributed by atoms with Gasteiger partial charge in [0.15, 0.2) is 0 Å². The van der Waals surface area contributed by atoms with Crippen molar-refractivity contribution < 1.29 is 5.11 Å². The fourth-order valence-corrected chi connectivity index (χ4v) is 2.49. The first kappa shape index (κ1) is 13.5. The van der Waals surface area contributed by atoms with E-state index in [-0.39, 0.29) is 0 Å². The molecule has 0 amide bonds. The van der Waals surface area contributed by atoms with E-state index in [9.17, 15) is 5.11 Å². The molecule has 3 heteroatoms. The SMILES string of the molecule is OC(c1ccccc1)c1cc(Cl)ccc1NCC1CC1. The lowest BCUT2D eigenvalue weighted by atomic mass is 10.00. The zero-order valence-electron chi connectivity index (χ0n) is 11.2. The second-order valence-electron chi connectivity index (χ2n) is 5.37. The molecule has 1 aliphatic carbocycles. The van der Waals surface area contributed by atoms with Crippen LogP contribution in [0.15, 0.2) is 48.5 Å². The molecular formula is C17H18ClNO. The van der Waals surface area contributed by atoms with E-state index in [0.717, 1.165) is 29.3 Å². The first-order chi connectivity index (χ1) is 9.74. The zero-order valence-corrected chi connectivity index (χ0v) is 12.0. The first-order valence-electron chi connectivity index (χ1n) is 7.00. The molecule has 0 bridgehead atoms. The van der Waals surface area contributed by atoms with E-state index in [2.05, 4.69) is 5.32 Å². The van der Waals surface area contributed by atoms with Gasteiger partial charge in [-0.1, -0.05) is 41.9 Å². The summed E-state index contributed by atoms with van der Waals surface area (Å²) in [7, 11) is 0. The van der Waals surface area contributed by atoms with Gasteiger partial charge in [0.05, 0.1) is 0 Å². The topological polar surface area (TPSA) is 32.3 Å². The summed E-state index contributed by atoms with van der Waals surface area (Å²) < 4.78 is 0. The number of hydrogen-bond acceptors (Lipinski definition) is 2. The van der Waals surface area contributed by atoms with Crippen LogP contribution in [0.1, 0.15) is 30.1 Å². The van der Waals surface area contributed by atoms with E-state index in [0.29, 0.717) is 5.02 Å². The molecule has 2 aromatic rings. The van der Waals surface area contributed by atoms with Gasteiger partial charge < -0.3 is 10.4 Å². The number of aliphatic hydroxyl groups is 1. The van der Waals surface area contributed by atoms with E-state index in [4.69, 9.17) is 11.6 Å². The molecule has 0 radical (unpaired) electrons. The smallest absolute Gasteiger partial charge is 0.106 e. The van der Waals surface area contributed by atoms with Crippen LogP contribution in [0.3, 0.4) is 0 Å². The molecule has 1 fully saturated rings. The Bertz CT molecular complexity index is 581. The molecule has 0 spiro atoms. The Morgan fingerprint density at radius 3 is 2.60 bits per heavy atom. The third-order valence-electron chi connectivity index (χ3n) is 3.70. The number of benzene rings is 2. The van der Waals surface area contributed by atoms with Gasteiger partial charge in [-0.15, -0.1) is 0 Å². The van der Waals surface area contributed by atoms with E-state index in [1.807, 2.05) is 48.5 Å². The molecule has 0 aliphatic heterocycles. The van der Waals surface area contributed by atoms with Crippen molar-refractivity contribution in [3.63, 3.8) is 0 Å². The maximum absolute atomic E-state index is 10.6. The van der Waals surface area contributed by atoms with Gasteiger partial charge in [-0.3, -0.25) is 0 Å². The van der Waals surface area contributed by atoms with Crippen LogP contribution in [-0.2, 0) is 0 Å². The average molecular weight is 288 g/mol. The molecule has 1 atom stereocenters. The lowest BCUT2D eigenvalue weighted by molar-refractivity contribution is 0.221. The molecule has 1 aliphatic rings. The number of halogens is 1. The Balaban J connectivity index is 1.87. The number of anilines is 1. The molecule has 1 saturated carbocycles. The summed E-state index contributed by atoms with van der Waals surface area (Å²) in [5, 5.41) is 14.7. The summed E-state index contributed by atoms with van der Waals surface area (Å²) >= 11 is 6.08. The van der Waals surface area contributed by atoms with Gasteiger partial charge in [0.2, 0.25) is 0 Å². The summed E-state index contributed by atoms with van der Waals surface area (Å²) in [5.41, 5.74) is 2.69. The van der Waals surface area contributed by atoms with Crippen molar-refractivity contribution in [3.8, 4) is 0 Å². The lowest BCUT2D eigenvalue weighted by Crippen LogP contribution is -2.09. The highest BCUT2D eigenvalue weighted by Crippen LogP contribution is 2.33. The molecule has 1 unspecified atom stereocenters. The quantitative estimate of drug-likeness (QED) is 0.862. The van der Waals surface area contributed by atoms with Crippen LogP contribution in [0.4, 0.5) is 5.69 Å². The Morgan fingerprint density at radius 1 is 1.15 bits per heavy atom. The van der Waals surface area contributed by atoms with E-state index in [1.165, 1.54) is 12.8 Å². The number of rotatable bonds is 5. The van der Waals surface area contributed by atoms with Crippen LogP contribution < -0.4 is 5.32 Å². The van der Waals surface area contributed by atoms with Crippen LogP contribution >= 0.6 is 11.6 Å². The Morgan fingerprint density at radius 2 is 1.90 bits per heavy atom. The molecule has 0 heterocycles. The maximum Gasteiger partial charge on any atom is 0.106 e. The maximum atomic E-state index is 10.6. The van der Waals surface area contributed by atoms with Crippen molar-refractivity contribution in [1.82, 2.24) is 0 Å². The molecule has 2 nitrogen and oxygen atoms in total. The molecule has 104 valence electrons. The third kappa shape index (κ3) is 3.14. The van der Waals surface area contributed by atoms with Gasteiger partial charge in [-0.05, 0) is 42.5 Å². The van der Waals surface area contributed by atoms with Crippen molar-refractivity contribution in [1.29, 1.82) is 0 Å². The normalized spacial score (nSPS) is 15.9. The van der Waals surface area contributed by atoms with Crippen molar-refractivity contribution in [2.45, 2.75) is 18.9 Å². The van der Waals surface area contributed by atoms with Gasteiger partial charge in [0, 0.05) is 22.8 Å². The second kappa shape index (κ2) is 5.86. The van der Waals surface area contributed by atoms with Crippen molar-refractivity contribution >= 4 is 17.3 Å². The van der Waals surface area contributed by atoms with E-state index >= 15 is 0 Å². The second-order valence-corrected chi connectivity index (χ2v) is 5.81. The van der Waals surface area contributed by atoms with Crippen LogP contribution in [0, 0.1) is 5.92 Å². The van der Waals surface area contributed by atoms with Gasteiger partial charge in [-0.25, -0.2) is 0 Å². The van der Waals surface area contributed by atoms with E-state index in [1.54, 1.807) is 0 Å². The summed E-state index contributed by atoms with van der Waals surface area (Å²) in [6.45, 7) is 0.968. The molecule has 2 N–H and O–H groups in total. The Hall–Kier alpha value is -1.51. The summed E-state index contributed by atoms with van der Waals surface area (Å²) in [4.78, 5) is 0. The summed E-state index contributed by atoms with van der Waals surface area (Å²) in [6.07, 6.45) is 1.95. The molecule has 0 saturated heterocycles. The highest BCUT2D eigenvalue weighted by atomic mass is 35.5. The third-order valence-corrected chi connectivity index (χ3v) is 3.94. The Kier molecular flexibility index (Phi) is 3.95. The largest absolute Gasteiger partial charge is 0.384 e. The minimum absolute atomic E-state index is 0.645. The van der Waals surface area contributed by atoms with Crippen molar-refractivity contribution in [2.24, 2.45) is 5.92 Å². The standard InChI is InChI=1S/C17H18ClNO/c18-14-8-9-16(19-11-12-6-7-12)15(10-14)17(20)13-4-2-1-3-5-13/h1-5,8-10,12,17,19-20H,6-7,11H2.